The number of hydrogen-bond donors (Lipinski definition) is 6. The number of hydrogen-bond acceptors (Lipinski definition) is 13. The molecule has 6 aromatic carbocycles. The van der Waals surface area contributed by atoms with E-state index in [9.17, 15) is 38.7 Å². The van der Waals surface area contributed by atoms with E-state index in [0.29, 0.717) is 28.7 Å². The molecule has 822 valence electrons. The maximum Gasteiger partial charge on any atom is 0.311 e. The first-order valence-electron chi connectivity index (χ1n) is 58.4. The van der Waals surface area contributed by atoms with Gasteiger partial charge in [0.15, 0.2) is 0 Å². The molecular weight excluding hydrogens is 1830 g/mol. The third kappa shape index (κ3) is 29.6. The summed E-state index contributed by atoms with van der Waals surface area (Å²) in [4.78, 5) is 100. The van der Waals surface area contributed by atoms with E-state index in [1.807, 2.05) is 30.9 Å². The Morgan fingerprint density at radius 2 is 0.703 bits per heavy atom. The number of fused-ring (bicyclic) bond motifs is 12. The molecule has 7 aliphatic carbocycles. The molecule has 7 fully saturated rings. The second-order valence-corrected chi connectivity index (χ2v) is 50.0. The van der Waals surface area contributed by atoms with Gasteiger partial charge >= 0.3 is 5.97 Å². The Bertz CT molecular complexity index is 5380. The van der Waals surface area contributed by atoms with Gasteiger partial charge in [-0.05, 0) is 393 Å². The number of unbranched alkanes of at least 4 members (excludes halogenated alkanes) is 5. The second-order valence-electron chi connectivity index (χ2n) is 50.0. The highest BCUT2D eigenvalue weighted by Crippen LogP contribution is 2.58. The summed E-state index contributed by atoms with van der Waals surface area (Å²) in [6.07, 6.45) is 41.1. The average Bonchev–Trinajstić information content (AvgIpc) is 0.824. The largest absolute Gasteiger partial charge is 0.481 e. The maximum absolute atomic E-state index is 12.4. The zero-order valence-electron chi connectivity index (χ0n) is 94.1. The summed E-state index contributed by atoms with van der Waals surface area (Å²) >= 11 is 0. The van der Waals surface area contributed by atoms with Crippen molar-refractivity contribution in [2.45, 2.75) is 378 Å². The van der Waals surface area contributed by atoms with Crippen LogP contribution in [0.25, 0.3) is 0 Å². The summed E-state index contributed by atoms with van der Waals surface area (Å²) in [5.74, 6) is 0.881. The number of likely N-dealkylation sites (tertiary alicyclic amines) is 6. The highest BCUT2D eigenvalue weighted by atomic mass is 16.4. The van der Waals surface area contributed by atoms with Crippen molar-refractivity contribution < 1.29 is 47.2 Å². The van der Waals surface area contributed by atoms with Gasteiger partial charge in [-0.2, -0.15) is 0 Å². The fourth-order valence-corrected chi connectivity index (χ4v) is 28.0. The zero-order chi connectivity index (χ0) is 106. The van der Waals surface area contributed by atoms with Crippen LogP contribution in [-0.4, -0.2) is 212 Å². The molecule has 6 amide bonds. The minimum absolute atomic E-state index is 0. The number of likely N-dealkylation sites (N-methyl/N-ethyl adjacent to an activating group) is 1. The number of aliphatic carboxylic acids is 1. The maximum atomic E-state index is 12.4. The third-order valence-electron chi connectivity index (χ3n) is 36.5. The van der Waals surface area contributed by atoms with E-state index < -0.39 is 5.97 Å². The van der Waals surface area contributed by atoms with Crippen molar-refractivity contribution in [2.24, 2.45) is 22.7 Å². The predicted molar refractivity (Wildman–Crippen MR) is 616 cm³/mol. The van der Waals surface area contributed by atoms with Gasteiger partial charge in [-0.25, -0.2) is 0 Å². The highest BCUT2D eigenvalue weighted by molar-refractivity contribution is 5.82. The summed E-state index contributed by atoms with van der Waals surface area (Å²) in [5, 5.41) is 25.6. The number of carbonyl (C=O) groups excluding carboxylic acids is 6. The van der Waals surface area contributed by atoms with Gasteiger partial charge in [0.1, 0.15) is 0 Å². The summed E-state index contributed by atoms with van der Waals surface area (Å²) < 4.78 is 0. The number of amides is 6. The zero-order valence-corrected chi connectivity index (χ0v) is 94.1. The lowest BCUT2D eigenvalue weighted by atomic mass is 9.63. The van der Waals surface area contributed by atoms with E-state index in [-0.39, 0.29) is 107 Å². The number of carboxylic acid groups (broad SMARTS) is 1. The lowest BCUT2D eigenvalue weighted by molar-refractivity contribution is -0.139. The van der Waals surface area contributed by atoms with E-state index in [1.54, 1.807) is 27.7 Å². The molecule has 20 heteroatoms. The van der Waals surface area contributed by atoms with Crippen molar-refractivity contribution in [2.75, 3.05) is 131 Å². The van der Waals surface area contributed by atoms with E-state index in [2.05, 4.69) is 271 Å². The van der Waals surface area contributed by atoms with Crippen LogP contribution in [0.1, 0.15) is 421 Å². The Labute approximate surface area is 900 Å². The molecule has 6 aromatic rings. The number of allylic oxidation sites excluding steroid dienone is 2. The molecule has 19 rings (SSSR count). The molecule has 1 saturated carbocycles. The molecule has 0 radical (unpaired) electrons. The van der Waals surface area contributed by atoms with Gasteiger partial charge in [-0.1, -0.05) is 246 Å². The number of nitrogens with one attached hydrogen (secondary N) is 5. The van der Waals surface area contributed by atoms with Gasteiger partial charge in [-0.3, -0.25) is 38.5 Å². The van der Waals surface area contributed by atoms with Crippen LogP contribution in [0.3, 0.4) is 0 Å². The van der Waals surface area contributed by atoms with Crippen LogP contribution in [0, 0.1) is 22.7 Å². The minimum atomic E-state index is -0.665. The van der Waals surface area contributed by atoms with Gasteiger partial charge < -0.3 is 61.1 Å². The van der Waals surface area contributed by atoms with Crippen molar-refractivity contribution in [3.8, 4) is 0 Å². The molecule has 1 unspecified atom stereocenters. The van der Waals surface area contributed by atoms with Gasteiger partial charge in [0.2, 0.25) is 35.4 Å². The van der Waals surface area contributed by atoms with Crippen LogP contribution in [0.15, 0.2) is 158 Å². The van der Waals surface area contributed by atoms with Gasteiger partial charge in [0, 0.05) is 83.5 Å². The van der Waals surface area contributed by atoms with E-state index in [1.165, 1.54) is 255 Å². The Morgan fingerprint density at radius 3 is 1.07 bits per heavy atom. The Hall–Kier alpha value is -8.89. The molecule has 6 saturated heterocycles. The van der Waals surface area contributed by atoms with Crippen molar-refractivity contribution >= 4 is 41.4 Å². The second kappa shape index (κ2) is 52.2. The predicted octanol–water partition coefficient (Wildman–Crippen LogP) is 25.0. The standard InChI is InChI=1S/C25H38N2O.C22H32N2O.C21H31N3O2.C21H32N2O.C20H30N2O.C19H27NO2.6H2/c1-3-4-5-6-7-8-9-12-17-27-18-15-25(16-19-27)20-24(26-21(2)28)22-13-10-11-14-23(22)25;1-16(2)9-12-24-13-10-22(11-14-24)15-20(23-21(25)17-7-8-17)18-5-3-4-6-19(18)22;1-4-24(5-2)20(26)15-23-12-10-21(11-13-23)14-19(22-16(3)25)17-8-6-7-9-18(17)21;1-16(24)22-19-15-21(18-8-6-5-7-17(18)19)10-13-23(14-11-21)12-9-20(2,3)4;1-3-4-13-22-14-11-20(12-15-22)10-9-19(21-16(2)23)17-7-5-6-8-18(17)20;1-18(2,3)13-20-10-8-19(9-11-20)12-15(17(21)22)14-6-4-5-7-16(14)19;;;;;;/h4-5,10-11,13-14,24H,3,6-9,12,15-20H2,1-2H3,(H,26,28);3-6,16-17,20H,7-15H2,1-2H3,(H,23,25);6-9,19H,4-5,10-15H2,1-3H3,(H,22,25);5-8,19H,9-15H2,1-4H3,(H,22,24);5-8,19H,3-4,9-15H2,1-2H3,(H,21,23);4-7,15H,8-13H2,1-3H3,(H,21,22);6*1H/b5-4-;;;;;;;;;;;/t24-;20-;3*19-;;;;;;;/m00000......./s1. The molecule has 6 aliphatic heterocycles. The normalized spacial score (nSPS) is 23.1. The lowest BCUT2D eigenvalue weighted by Crippen LogP contribution is -2.47. The minimum Gasteiger partial charge on any atom is -0.481 e. The van der Waals surface area contributed by atoms with Crippen molar-refractivity contribution in [1.29, 1.82) is 0 Å². The van der Waals surface area contributed by atoms with Crippen LogP contribution in [-0.2, 0) is 66.1 Å². The molecule has 0 aromatic heterocycles. The van der Waals surface area contributed by atoms with E-state index in [4.69, 9.17) is 0 Å². The lowest BCUT2D eigenvalue weighted by Gasteiger charge is -2.47. The molecule has 6 N–H and O–H groups in total. The summed E-state index contributed by atoms with van der Waals surface area (Å²) in [5.41, 5.74) is 18.6. The van der Waals surface area contributed by atoms with Gasteiger partial charge in [0.05, 0.1) is 42.7 Å². The number of carboxylic acids is 1. The fraction of sp³-hybridized carbons (Fsp3) is 0.648. The van der Waals surface area contributed by atoms with Crippen LogP contribution in [0.2, 0.25) is 0 Å². The van der Waals surface area contributed by atoms with Crippen LogP contribution >= 0.6 is 0 Å². The summed E-state index contributed by atoms with van der Waals surface area (Å²) in [7, 11) is 0. The molecule has 20 nitrogen and oxygen atoms in total. The number of nitrogens with zero attached hydrogens (tertiary/aromatic N) is 7. The van der Waals surface area contributed by atoms with E-state index in [0.717, 1.165) is 141 Å². The average molecular weight is 2040 g/mol. The highest BCUT2D eigenvalue weighted by Gasteiger charge is 2.53. The first kappa shape index (κ1) is 115. The smallest absolute Gasteiger partial charge is 0.311 e. The first-order chi connectivity index (χ1) is 70.9. The molecule has 13 aliphatic rings. The first-order valence-corrected chi connectivity index (χ1v) is 58.4. The van der Waals surface area contributed by atoms with Crippen molar-refractivity contribution in [1.82, 2.24) is 60.9 Å². The SMILES string of the molecule is CC(=O)N[C@H]1CC2(CCN(CCC(C)(C)C)CC2)c2ccccc21.CC(C)(C)CN1CCC2(CC1)CC(C(=O)O)c1ccccc12.CC(C)CCN1CCC2(CC1)C[C@H](NC(=O)C1CC1)c1ccccc12.CC/C=C\CCCCCCN1CCC2(CC1)C[C@H](NC(C)=O)c1ccccc12.CCCCN1CCC2(CC[C@H](NC(C)=O)c3ccccc32)CC1.CCN(CC)C(=O)CN1CCC2(CC1)C[C@H](NC(C)=O)c1ccccc12.[HH].[HH].[HH].[HH].[HH].[HH]. The number of benzene rings is 6. The van der Waals surface area contributed by atoms with Crippen molar-refractivity contribution in [3.05, 3.63) is 225 Å². The van der Waals surface area contributed by atoms with E-state index >= 15 is 0 Å². The fourth-order valence-electron chi connectivity index (χ4n) is 28.0. The number of carbonyl (C=O) groups is 7. The molecule has 0 bridgehead atoms. The molecule has 6 atom stereocenters. The van der Waals surface area contributed by atoms with Gasteiger partial charge in [-0.15, -0.1) is 0 Å². The summed E-state index contributed by atoms with van der Waals surface area (Å²) in [6.45, 7) is 55.2. The summed E-state index contributed by atoms with van der Waals surface area (Å²) in [6, 6.07) is 52.9. The molecular formula is C128H202N12O8. The Kier molecular flexibility index (Phi) is 40.4. The Morgan fingerprint density at radius 1 is 0.372 bits per heavy atom. The van der Waals surface area contributed by atoms with Crippen LogP contribution in [0.4, 0.5) is 0 Å². The third-order valence-corrected chi connectivity index (χ3v) is 36.5. The van der Waals surface area contributed by atoms with Crippen molar-refractivity contribution in [3.63, 3.8) is 0 Å². The molecule has 6 heterocycles. The topological polar surface area (TPSA) is 223 Å². The quantitative estimate of drug-likeness (QED) is 0.0199. The number of piperidine rings is 6. The monoisotopic (exact) mass is 2040 g/mol. The molecule has 6 spiro atoms. The molecule has 148 heavy (non-hydrogen) atoms. The Balaban J connectivity index is 0.000000223. The number of rotatable bonds is 28. The van der Waals surface area contributed by atoms with Crippen LogP contribution < -0.4 is 26.6 Å². The van der Waals surface area contributed by atoms with Crippen LogP contribution in [0.5, 0.6) is 0 Å². The van der Waals surface area contributed by atoms with Gasteiger partial charge in [0.25, 0.3) is 0 Å².